The maximum Gasteiger partial charge on any atom is 0.242 e. The molecule has 96 valence electrons. The molecule has 0 unspecified atom stereocenters. The first kappa shape index (κ1) is 14.9. The van der Waals surface area contributed by atoms with Crippen LogP contribution >= 0.6 is 27.5 Å². The van der Waals surface area contributed by atoms with Crippen LogP contribution in [-0.4, -0.2) is 32.9 Å². The van der Waals surface area contributed by atoms with E-state index in [-0.39, 0.29) is 4.90 Å². The van der Waals surface area contributed by atoms with Crippen molar-refractivity contribution in [1.29, 1.82) is 0 Å². The molecule has 1 aromatic carbocycles. The second-order valence-electron chi connectivity index (χ2n) is 3.54. The molecule has 0 saturated heterocycles. The van der Waals surface area contributed by atoms with Gasteiger partial charge in [0.05, 0.1) is 9.92 Å². The van der Waals surface area contributed by atoms with Gasteiger partial charge in [0.2, 0.25) is 10.0 Å². The largest absolute Gasteiger partial charge is 0.330 e. The monoisotopic (exact) mass is 340 g/mol. The van der Waals surface area contributed by atoms with Gasteiger partial charge in [-0.05, 0) is 47.1 Å². The molecule has 0 aliphatic carbocycles. The third-order valence-electron chi connectivity index (χ3n) is 2.28. The van der Waals surface area contributed by atoms with Gasteiger partial charge in [0.1, 0.15) is 0 Å². The zero-order chi connectivity index (χ0) is 13.1. The summed E-state index contributed by atoms with van der Waals surface area (Å²) in [6, 6.07) is 4.53. The molecule has 0 aliphatic heterocycles. The van der Waals surface area contributed by atoms with E-state index < -0.39 is 10.0 Å². The molecule has 4 nitrogen and oxygen atoms in total. The summed E-state index contributed by atoms with van der Waals surface area (Å²) in [4.78, 5) is 0.216. The van der Waals surface area contributed by atoms with Crippen LogP contribution in [0.4, 0.5) is 0 Å². The predicted octanol–water partition coefficient (Wildman–Crippen LogP) is 2.07. The zero-order valence-electron chi connectivity index (χ0n) is 9.36. The standard InChI is InChI=1S/C10H14BrClN2O2S/c1-14(6-2-5-13)17(15,16)8-3-4-10(12)9(11)7-8/h3-4,7H,2,5-6,13H2,1H3. The molecule has 17 heavy (non-hydrogen) atoms. The molecule has 0 amide bonds. The van der Waals surface area contributed by atoms with E-state index in [1.54, 1.807) is 6.07 Å². The molecular formula is C10H14BrClN2O2S. The van der Waals surface area contributed by atoms with Gasteiger partial charge in [-0.25, -0.2) is 12.7 Å². The van der Waals surface area contributed by atoms with E-state index in [2.05, 4.69) is 15.9 Å². The molecule has 0 bridgehead atoms. The van der Waals surface area contributed by atoms with E-state index in [1.807, 2.05) is 0 Å². The topological polar surface area (TPSA) is 63.4 Å². The highest BCUT2D eigenvalue weighted by Gasteiger charge is 2.20. The summed E-state index contributed by atoms with van der Waals surface area (Å²) in [5, 5.41) is 0.480. The van der Waals surface area contributed by atoms with Crippen LogP contribution in [-0.2, 0) is 10.0 Å². The van der Waals surface area contributed by atoms with Crippen LogP contribution in [0.3, 0.4) is 0 Å². The molecular weight excluding hydrogens is 328 g/mol. The predicted molar refractivity (Wildman–Crippen MR) is 72.6 cm³/mol. The zero-order valence-corrected chi connectivity index (χ0v) is 12.5. The summed E-state index contributed by atoms with van der Waals surface area (Å²) in [5.74, 6) is 0. The fourth-order valence-electron chi connectivity index (χ4n) is 1.25. The van der Waals surface area contributed by atoms with Gasteiger partial charge < -0.3 is 5.73 Å². The lowest BCUT2D eigenvalue weighted by Crippen LogP contribution is -2.29. The lowest BCUT2D eigenvalue weighted by Gasteiger charge is -2.17. The minimum Gasteiger partial charge on any atom is -0.330 e. The van der Waals surface area contributed by atoms with E-state index in [9.17, 15) is 8.42 Å². The maximum absolute atomic E-state index is 12.1. The average molecular weight is 342 g/mol. The lowest BCUT2D eigenvalue weighted by molar-refractivity contribution is 0.463. The van der Waals surface area contributed by atoms with Crippen molar-refractivity contribution in [2.45, 2.75) is 11.3 Å². The first-order chi connectivity index (χ1) is 7.89. The van der Waals surface area contributed by atoms with Crippen molar-refractivity contribution >= 4 is 37.6 Å². The van der Waals surface area contributed by atoms with Gasteiger partial charge in [-0.1, -0.05) is 11.6 Å². The van der Waals surface area contributed by atoms with Crippen LogP contribution in [0.25, 0.3) is 0 Å². The fraction of sp³-hybridized carbons (Fsp3) is 0.400. The summed E-state index contributed by atoms with van der Waals surface area (Å²) in [7, 11) is -1.93. The average Bonchev–Trinajstić information content (AvgIpc) is 2.29. The highest BCUT2D eigenvalue weighted by molar-refractivity contribution is 9.10. The van der Waals surface area contributed by atoms with E-state index in [4.69, 9.17) is 17.3 Å². The Kier molecular flexibility index (Phi) is 5.40. The van der Waals surface area contributed by atoms with Crippen LogP contribution in [0, 0.1) is 0 Å². The van der Waals surface area contributed by atoms with Crippen LogP contribution < -0.4 is 5.73 Å². The summed E-state index contributed by atoms with van der Waals surface area (Å²) in [6.07, 6.45) is 0.629. The number of benzene rings is 1. The van der Waals surface area contributed by atoms with Gasteiger partial charge in [0, 0.05) is 18.1 Å². The summed E-state index contributed by atoms with van der Waals surface area (Å²) in [5.41, 5.74) is 5.36. The Hall–Kier alpha value is -0.140. The van der Waals surface area contributed by atoms with Crippen LogP contribution in [0.1, 0.15) is 6.42 Å². The van der Waals surface area contributed by atoms with E-state index >= 15 is 0 Å². The van der Waals surface area contributed by atoms with Gasteiger partial charge in [-0.15, -0.1) is 0 Å². The lowest BCUT2D eigenvalue weighted by atomic mass is 10.4. The molecule has 1 rings (SSSR count). The van der Waals surface area contributed by atoms with Crippen LogP contribution in [0.2, 0.25) is 5.02 Å². The number of hydrogen-bond acceptors (Lipinski definition) is 3. The third-order valence-corrected chi connectivity index (χ3v) is 5.34. The molecule has 0 fully saturated rings. The van der Waals surface area contributed by atoms with Crippen molar-refractivity contribution < 1.29 is 8.42 Å². The normalized spacial score (nSPS) is 12.1. The minimum absolute atomic E-state index is 0.216. The van der Waals surface area contributed by atoms with Crippen molar-refractivity contribution in [1.82, 2.24) is 4.31 Å². The van der Waals surface area contributed by atoms with Gasteiger partial charge in [-0.2, -0.15) is 0 Å². The van der Waals surface area contributed by atoms with Crippen LogP contribution in [0.15, 0.2) is 27.6 Å². The summed E-state index contributed by atoms with van der Waals surface area (Å²) < 4.78 is 26.1. The number of halogens is 2. The van der Waals surface area contributed by atoms with Gasteiger partial charge in [0.15, 0.2) is 0 Å². The first-order valence-corrected chi connectivity index (χ1v) is 7.62. The summed E-state index contributed by atoms with van der Waals surface area (Å²) >= 11 is 9.03. The van der Waals surface area contributed by atoms with Crippen molar-refractivity contribution in [2.24, 2.45) is 5.73 Å². The van der Waals surface area contributed by atoms with E-state index in [0.29, 0.717) is 29.0 Å². The van der Waals surface area contributed by atoms with Gasteiger partial charge in [0.25, 0.3) is 0 Å². The number of nitrogens with zero attached hydrogens (tertiary/aromatic N) is 1. The molecule has 7 heteroatoms. The summed E-state index contributed by atoms with van der Waals surface area (Å²) in [6.45, 7) is 0.864. The molecule has 0 aliphatic rings. The molecule has 0 heterocycles. The number of hydrogen-bond donors (Lipinski definition) is 1. The Morgan fingerprint density at radius 3 is 2.65 bits per heavy atom. The Labute approximate surface area is 115 Å². The highest BCUT2D eigenvalue weighted by Crippen LogP contribution is 2.26. The van der Waals surface area contributed by atoms with E-state index in [0.717, 1.165) is 0 Å². The fourth-order valence-corrected chi connectivity index (χ4v) is 3.14. The van der Waals surface area contributed by atoms with Crippen molar-refractivity contribution in [3.8, 4) is 0 Å². The molecule has 0 radical (unpaired) electrons. The highest BCUT2D eigenvalue weighted by atomic mass is 79.9. The van der Waals surface area contributed by atoms with Crippen molar-refractivity contribution in [3.63, 3.8) is 0 Å². The first-order valence-electron chi connectivity index (χ1n) is 5.01. The van der Waals surface area contributed by atoms with Gasteiger partial charge >= 0.3 is 0 Å². The Morgan fingerprint density at radius 2 is 2.12 bits per heavy atom. The van der Waals surface area contributed by atoms with Crippen LogP contribution in [0.5, 0.6) is 0 Å². The smallest absolute Gasteiger partial charge is 0.242 e. The molecule has 0 aromatic heterocycles. The van der Waals surface area contributed by atoms with Crippen molar-refractivity contribution in [3.05, 3.63) is 27.7 Å². The van der Waals surface area contributed by atoms with E-state index in [1.165, 1.54) is 23.5 Å². The maximum atomic E-state index is 12.1. The SMILES string of the molecule is CN(CCCN)S(=O)(=O)c1ccc(Cl)c(Br)c1. The Morgan fingerprint density at radius 1 is 1.47 bits per heavy atom. The van der Waals surface area contributed by atoms with Crippen molar-refractivity contribution in [2.75, 3.05) is 20.1 Å². The Bertz CT molecular complexity index is 493. The van der Waals surface area contributed by atoms with Gasteiger partial charge in [-0.3, -0.25) is 0 Å². The molecule has 1 aromatic rings. The molecule has 0 saturated carbocycles. The Balaban J connectivity index is 3.00. The molecule has 2 N–H and O–H groups in total. The number of nitrogens with two attached hydrogens (primary N) is 1. The number of sulfonamides is 1. The molecule has 0 atom stereocenters. The number of rotatable bonds is 5. The molecule has 0 spiro atoms. The quantitative estimate of drug-likeness (QED) is 0.892. The second kappa shape index (κ2) is 6.15. The minimum atomic E-state index is -3.46. The second-order valence-corrected chi connectivity index (χ2v) is 6.85. The third kappa shape index (κ3) is 3.66.